The molecule has 0 aromatic carbocycles. The van der Waals surface area contributed by atoms with Gasteiger partial charge in [-0.05, 0) is 73.4 Å². The molecule has 0 aromatic heterocycles. The van der Waals surface area contributed by atoms with Crippen molar-refractivity contribution in [2.75, 3.05) is 20.2 Å². The number of unbranched alkanes of at least 4 members (excludes halogenated alkanes) is 1. The molecule has 0 saturated heterocycles. The first-order chi connectivity index (χ1) is 9.39. The van der Waals surface area contributed by atoms with Gasteiger partial charge in [-0.2, -0.15) is 0 Å². The number of nitrogens with one attached hydrogen (secondary N) is 1. The normalized spacial score (nSPS) is 18.4. The maximum absolute atomic E-state index is 12.2. The van der Waals surface area contributed by atoms with Crippen LogP contribution < -0.4 is 5.32 Å². The second kappa shape index (κ2) is 7.99. The van der Waals surface area contributed by atoms with Crippen LogP contribution in [0.4, 0.5) is 0 Å². The van der Waals surface area contributed by atoms with Crippen LogP contribution in [-0.2, 0) is 9.53 Å². The molecule has 4 nitrogen and oxygen atoms in total. The SMILES string of the molecule is CCOC(=O)C(C)(CCCCN(C)C1CC1)NC(C)C. The molecule has 1 unspecified atom stereocenters. The van der Waals surface area contributed by atoms with Gasteiger partial charge in [0.25, 0.3) is 0 Å². The van der Waals surface area contributed by atoms with Gasteiger partial charge in [-0.1, -0.05) is 0 Å². The summed E-state index contributed by atoms with van der Waals surface area (Å²) in [6.07, 6.45) is 5.73. The minimum absolute atomic E-state index is 0.121. The molecular formula is C16H32N2O2. The Hall–Kier alpha value is -0.610. The number of nitrogens with zero attached hydrogens (tertiary/aromatic N) is 1. The Morgan fingerprint density at radius 1 is 1.40 bits per heavy atom. The summed E-state index contributed by atoms with van der Waals surface area (Å²) in [6, 6.07) is 1.10. The van der Waals surface area contributed by atoms with E-state index in [1.807, 2.05) is 13.8 Å². The standard InChI is InChI=1S/C16H32N2O2/c1-6-20-15(19)16(4,17-13(2)3)11-7-8-12-18(5)14-9-10-14/h13-14,17H,6-12H2,1-5H3. The smallest absolute Gasteiger partial charge is 0.326 e. The third-order valence-corrected chi connectivity index (χ3v) is 3.94. The quantitative estimate of drug-likeness (QED) is 0.494. The second-order valence-electron chi connectivity index (χ2n) is 6.52. The van der Waals surface area contributed by atoms with E-state index in [0.29, 0.717) is 6.61 Å². The third kappa shape index (κ3) is 5.80. The summed E-state index contributed by atoms with van der Waals surface area (Å²) in [5.74, 6) is -0.121. The van der Waals surface area contributed by atoms with Crippen molar-refractivity contribution in [2.45, 2.75) is 77.4 Å². The van der Waals surface area contributed by atoms with Gasteiger partial charge in [0, 0.05) is 12.1 Å². The molecule has 1 saturated carbocycles. The molecule has 0 aliphatic heterocycles. The summed E-state index contributed by atoms with van der Waals surface area (Å²) in [7, 11) is 2.20. The van der Waals surface area contributed by atoms with Gasteiger partial charge in [0.2, 0.25) is 0 Å². The van der Waals surface area contributed by atoms with E-state index in [4.69, 9.17) is 4.74 Å². The minimum Gasteiger partial charge on any atom is -0.465 e. The highest BCUT2D eigenvalue weighted by Crippen LogP contribution is 2.26. The Morgan fingerprint density at radius 3 is 2.55 bits per heavy atom. The van der Waals surface area contributed by atoms with E-state index in [-0.39, 0.29) is 12.0 Å². The average Bonchev–Trinajstić information content (AvgIpc) is 3.18. The lowest BCUT2D eigenvalue weighted by Crippen LogP contribution is -2.53. The summed E-state index contributed by atoms with van der Waals surface area (Å²) in [5.41, 5.74) is -0.553. The zero-order chi connectivity index (χ0) is 15.2. The number of rotatable bonds is 10. The monoisotopic (exact) mass is 284 g/mol. The van der Waals surface area contributed by atoms with Crippen molar-refractivity contribution in [3.05, 3.63) is 0 Å². The molecule has 1 N–H and O–H groups in total. The van der Waals surface area contributed by atoms with E-state index >= 15 is 0 Å². The highest BCUT2D eigenvalue weighted by Gasteiger charge is 2.34. The molecular weight excluding hydrogens is 252 g/mol. The summed E-state index contributed by atoms with van der Waals surface area (Å²) >= 11 is 0. The number of ether oxygens (including phenoxy) is 1. The van der Waals surface area contributed by atoms with Crippen LogP contribution in [0.2, 0.25) is 0 Å². The van der Waals surface area contributed by atoms with Crippen LogP contribution in [0.15, 0.2) is 0 Å². The summed E-state index contributed by atoms with van der Waals surface area (Å²) in [6.45, 7) is 9.54. The maximum atomic E-state index is 12.2. The van der Waals surface area contributed by atoms with E-state index in [2.05, 4.69) is 31.1 Å². The number of esters is 1. The van der Waals surface area contributed by atoms with Gasteiger partial charge in [0.05, 0.1) is 6.61 Å². The predicted molar refractivity (Wildman–Crippen MR) is 82.8 cm³/mol. The fourth-order valence-electron chi connectivity index (χ4n) is 2.70. The van der Waals surface area contributed by atoms with E-state index in [9.17, 15) is 4.79 Å². The molecule has 0 spiro atoms. The van der Waals surface area contributed by atoms with E-state index in [0.717, 1.165) is 31.8 Å². The lowest BCUT2D eigenvalue weighted by atomic mass is 9.93. The Morgan fingerprint density at radius 2 is 2.05 bits per heavy atom. The largest absolute Gasteiger partial charge is 0.465 e. The van der Waals surface area contributed by atoms with Crippen molar-refractivity contribution in [3.63, 3.8) is 0 Å². The van der Waals surface area contributed by atoms with Crippen molar-refractivity contribution in [1.29, 1.82) is 0 Å². The van der Waals surface area contributed by atoms with Gasteiger partial charge >= 0.3 is 5.97 Å². The fraction of sp³-hybridized carbons (Fsp3) is 0.938. The molecule has 20 heavy (non-hydrogen) atoms. The van der Waals surface area contributed by atoms with Crippen LogP contribution in [0.3, 0.4) is 0 Å². The molecule has 0 amide bonds. The van der Waals surface area contributed by atoms with Crippen molar-refractivity contribution >= 4 is 5.97 Å². The van der Waals surface area contributed by atoms with Crippen LogP contribution >= 0.6 is 0 Å². The molecule has 1 aliphatic carbocycles. The summed E-state index contributed by atoms with van der Waals surface area (Å²) in [4.78, 5) is 14.6. The molecule has 1 atom stereocenters. The zero-order valence-electron chi connectivity index (χ0n) is 13.9. The highest BCUT2D eigenvalue weighted by atomic mass is 16.5. The Labute approximate surface area is 124 Å². The van der Waals surface area contributed by atoms with E-state index in [1.165, 1.54) is 12.8 Å². The van der Waals surface area contributed by atoms with Crippen LogP contribution in [0.1, 0.15) is 59.8 Å². The number of hydrogen-bond donors (Lipinski definition) is 1. The van der Waals surface area contributed by atoms with Crippen LogP contribution in [-0.4, -0.2) is 48.7 Å². The zero-order valence-corrected chi connectivity index (χ0v) is 13.9. The average molecular weight is 284 g/mol. The molecule has 0 aromatic rings. The predicted octanol–water partition coefficient (Wildman–Crippen LogP) is 2.57. The van der Waals surface area contributed by atoms with Crippen molar-refractivity contribution in [3.8, 4) is 0 Å². The molecule has 4 heteroatoms. The van der Waals surface area contributed by atoms with Crippen LogP contribution in [0.5, 0.6) is 0 Å². The van der Waals surface area contributed by atoms with Gasteiger partial charge in [-0.15, -0.1) is 0 Å². The Balaban J connectivity index is 2.36. The lowest BCUT2D eigenvalue weighted by molar-refractivity contribution is -0.151. The second-order valence-corrected chi connectivity index (χ2v) is 6.52. The molecule has 1 rings (SSSR count). The number of carbonyl (C=O) groups is 1. The fourth-order valence-corrected chi connectivity index (χ4v) is 2.70. The summed E-state index contributed by atoms with van der Waals surface area (Å²) < 4.78 is 5.22. The van der Waals surface area contributed by atoms with E-state index in [1.54, 1.807) is 0 Å². The Bertz CT molecular complexity index is 303. The molecule has 1 aliphatic rings. The maximum Gasteiger partial charge on any atom is 0.326 e. The number of carbonyl (C=O) groups excluding carboxylic acids is 1. The third-order valence-electron chi connectivity index (χ3n) is 3.94. The molecule has 1 fully saturated rings. The number of hydrogen-bond acceptors (Lipinski definition) is 4. The Kier molecular flexibility index (Phi) is 6.96. The topological polar surface area (TPSA) is 41.6 Å². The van der Waals surface area contributed by atoms with Gasteiger partial charge in [0.15, 0.2) is 0 Å². The first-order valence-electron chi connectivity index (χ1n) is 8.04. The molecule has 0 bridgehead atoms. The lowest BCUT2D eigenvalue weighted by Gasteiger charge is -2.31. The van der Waals surface area contributed by atoms with Gasteiger partial charge in [-0.3, -0.25) is 10.1 Å². The van der Waals surface area contributed by atoms with E-state index < -0.39 is 5.54 Å². The van der Waals surface area contributed by atoms with Crippen LogP contribution in [0.25, 0.3) is 0 Å². The van der Waals surface area contributed by atoms with Crippen molar-refractivity contribution in [2.24, 2.45) is 0 Å². The first-order valence-corrected chi connectivity index (χ1v) is 8.04. The van der Waals surface area contributed by atoms with Gasteiger partial charge in [0.1, 0.15) is 5.54 Å². The van der Waals surface area contributed by atoms with Crippen molar-refractivity contribution < 1.29 is 9.53 Å². The first kappa shape index (κ1) is 17.4. The van der Waals surface area contributed by atoms with Crippen molar-refractivity contribution in [1.82, 2.24) is 10.2 Å². The summed E-state index contributed by atoms with van der Waals surface area (Å²) in [5, 5.41) is 3.38. The molecule has 118 valence electrons. The molecule has 0 heterocycles. The van der Waals surface area contributed by atoms with Gasteiger partial charge < -0.3 is 9.64 Å². The highest BCUT2D eigenvalue weighted by molar-refractivity contribution is 5.80. The molecule has 0 radical (unpaired) electrons. The van der Waals surface area contributed by atoms with Crippen LogP contribution in [0, 0.1) is 0 Å². The minimum atomic E-state index is -0.553. The van der Waals surface area contributed by atoms with Gasteiger partial charge in [-0.25, -0.2) is 0 Å².